The van der Waals surface area contributed by atoms with Crippen LogP contribution in [0.3, 0.4) is 0 Å². The Balaban J connectivity index is 1.54. The van der Waals surface area contributed by atoms with Crippen molar-refractivity contribution in [3.8, 4) is 0 Å². The molecule has 3 rings (SSSR count). The molecule has 0 saturated carbocycles. The molecule has 0 aromatic heterocycles. The minimum Gasteiger partial charge on any atom is -0.452 e. The lowest BCUT2D eigenvalue weighted by Crippen LogP contribution is -2.46. The van der Waals surface area contributed by atoms with E-state index in [0.717, 1.165) is 4.90 Å². The monoisotopic (exact) mass is 436 g/mol. The smallest absolute Gasteiger partial charge is 0.308 e. The summed E-state index contributed by atoms with van der Waals surface area (Å²) in [5.74, 6) is -2.17. The maximum absolute atomic E-state index is 12.7. The van der Waals surface area contributed by atoms with Crippen LogP contribution in [-0.4, -0.2) is 78.6 Å². The van der Waals surface area contributed by atoms with E-state index in [4.69, 9.17) is 4.74 Å². The lowest BCUT2D eigenvalue weighted by Gasteiger charge is -2.29. The summed E-state index contributed by atoms with van der Waals surface area (Å²) in [6.45, 7) is 3.31. The quantitative estimate of drug-likeness (QED) is 0.455. The molecule has 0 spiro atoms. The minimum absolute atomic E-state index is 0.0376. The van der Waals surface area contributed by atoms with Crippen molar-refractivity contribution in [2.75, 3.05) is 24.6 Å². The van der Waals surface area contributed by atoms with Crippen molar-refractivity contribution in [3.05, 3.63) is 35.4 Å². The largest absolute Gasteiger partial charge is 0.452 e. The lowest BCUT2D eigenvalue weighted by atomic mass is 10.1. The van der Waals surface area contributed by atoms with E-state index >= 15 is 0 Å². The summed E-state index contributed by atoms with van der Waals surface area (Å²) < 4.78 is 28.6. The molecule has 162 valence electrons. The normalized spacial score (nSPS) is 20.7. The average molecular weight is 436 g/mol. The number of ether oxygens (including phenoxy) is 1. The van der Waals surface area contributed by atoms with Gasteiger partial charge in [0.2, 0.25) is 0 Å². The minimum atomic E-state index is -3.16. The van der Waals surface area contributed by atoms with Crippen molar-refractivity contribution >= 4 is 33.5 Å². The van der Waals surface area contributed by atoms with Crippen LogP contribution < -0.4 is 0 Å². The second-order valence-electron chi connectivity index (χ2n) is 7.37. The van der Waals surface area contributed by atoms with Crippen molar-refractivity contribution in [1.29, 1.82) is 0 Å². The highest BCUT2D eigenvalue weighted by Crippen LogP contribution is 2.23. The van der Waals surface area contributed by atoms with Crippen LogP contribution in [0, 0.1) is 0 Å². The van der Waals surface area contributed by atoms with Crippen molar-refractivity contribution < 1.29 is 32.3 Å². The van der Waals surface area contributed by atoms with Crippen LogP contribution >= 0.6 is 0 Å². The van der Waals surface area contributed by atoms with Crippen LogP contribution in [0.2, 0.25) is 0 Å². The van der Waals surface area contributed by atoms with E-state index in [1.165, 1.54) is 11.8 Å². The number of hydrogen-bond donors (Lipinski definition) is 0. The number of imide groups is 1. The molecule has 1 fully saturated rings. The Hall–Kier alpha value is -2.75. The molecule has 2 heterocycles. The molecule has 2 aliphatic heterocycles. The van der Waals surface area contributed by atoms with Crippen LogP contribution in [0.4, 0.5) is 0 Å². The number of carbonyl (C=O) groups is 4. The Bertz CT molecular complexity index is 954. The predicted octanol–water partition coefficient (Wildman–Crippen LogP) is 0.640. The maximum Gasteiger partial charge on any atom is 0.308 e. The van der Waals surface area contributed by atoms with E-state index in [-0.39, 0.29) is 24.5 Å². The van der Waals surface area contributed by atoms with E-state index in [1.807, 2.05) is 0 Å². The second-order valence-corrected chi connectivity index (χ2v) is 9.60. The molecule has 10 heteroatoms. The molecule has 30 heavy (non-hydrogen) atoms. The Kier molecular flexibility index (Phi) is 6.25. The van der Waals surface area contributed by atoms with Gasteiger partial charge in [-0.1, -0.05) is 12.1 Å². The molecular formula is C20H24N2O7S. The van der Waals surface area contributed by atoms with Gasteiger partial charge >= 0.3 is 5.97 Å². The summed E-state index contributed by atoms with van der Waals surface area (Å²) in [4.78, 5) is 51.9. The lowest BCUT2D eigenvalue weighted by molar-refractivity contribution is -0.160. The van der Waals surface area contributed by atoms with Gasteiger partial charge in [-0.25, -0.2) is 8.42 Å². The van der Waals surface area contributed by atoms with Gasteiger partial charge < -0.3 is 9.64 Å². The van der Waals surface area contributed by atoms with Crippen LogP contribution in [0.1, 0.15) is 47.4 Å². The van der Waals surface area contributed by atoms with Gasteiger partial charge in [0.15, 0.2) is 15.9 Å². The number of likely N-dealkylation sites (N-methyl/N-ethyl adjacent to an activating group) is 1. The van der Waals surface area contributed by atoms with Crippen LogP contribution in [0.5, 0.6) is 0 Å². The van der Waals surface area contributed by atoms with Gasteiger partial charge in [-0.2, -0.15) is 0 Å². The number of rotatable bonds is 7. The number of benzene rings is 1. The number of carbonyl (C=O) groups excluding carboxylic acids is 4. The van der Waals surface area contributed by atoms with E-state index < -0.39 is 45.7 Å². The van der Waals surface area contributed by atoms with Gasteiger partial charge in [0.25, 0.3) is 17.7 Å². The SMILES string of the molecule is CCN(C(=O)[C@H](C)OC(=O)CCN1C(=O)c2ccccc2C1=O)[C@H]1CCS(=O)(=O)C1. The molecule has 3 amide bonds. The fraction of sp³-hybridized carbons (Fsp3) is 0.500. The van der Waals surface area contributed by atoms with Crippen LogP contribution in [0.25, 0.3) is 0 Å². The summed E-state index contributed by atoms with van der Waals surface area (Å²) >= 11 is 0. The molecule has 0 N–H and O–H groups in total. The van der Waals surface area contributed by atoms with E-state index in [2.05, 4.69) is 0 Å². The van der Waals surface area contributed by atoms with Crippen molar-refractivity contribution in [1.82, 2.24) is 9.80 Å². The van der Waals surface area contributed by atoms with Crippen molar-refractivity contribution in [2.45, 2.75) is 38.8 Å². The molecule has 2 aliphatic rings. The van der Waals surface area contributed by atoms with Gasteiger partial charge in [-0.3, -0.25) is 24.1 Å². The molecule has 0 radical (unpaired) electrons. The highest BCUT2D eigenvalue weighted by atomic mass is 32.2. The molecule has 1 aromatic carbocycles. The summed E-state index contributed by atoms with van der Waals surface area (Å²) in [6, 6.07) is 6.00. The summed E-state index contributed by atoms with van der Waals surface area (Å²) in [5, 5.41) is 0. The van der Waals surface area contributed by atoms with E-state index in [9.17, 15) is 27.6 Å². The number of fused-ring (bicyclic) bond motifs is 1. The molecule has 0 bridgehead atoms. The number of hydrogen-bond acceptors (Lipinski definition) is 7. The fourth-order valence-corrected chi connectivity index (χ4v) is 5.53. The third kappa shape index (κ3) is 4.38. The molecular weight excluding hydrogens is 412 g/mol. The number of nitrogens with zero attached hydrogens (tertiary/aromatic N) is 2. The topological polar surface area (TPSA) is 118 Å². The standard InChI is InChI=1S/C20H24N2O7S/c1-3-21(14-9-11-30(27,28)12-14)18(24)13(2)29-17(23)8-10-22-19(25)15-6-4-5-7-16(15)20(22)26/h4-7,13-14H,3,8-12H2,1-2H3/t13-,14-/m0/s1. The molecule has 0 aliphatic carbocycles. The Morgan fingerprint density at radius 2 is 1.80 bits per heavy atom. The first-order valence-corrected chi connectivity index (χ1v) is 11.6. The summed E-state index contributed by atoms with van der Waals surface area (Å²) in [6.07, 6.45) is -0.974. The fourth-order valence-electron chi connectivity index (χ4n) is 3.80. The van der Waals surface area contributed by atoms with E-state index in [1.54, 1.807) is 31.2 Å². The molecule has 2 atom stereocenters. The zero-order valence-corrected chi connectivity index (χ0v) is 17.7. The van der Waals surface area contributed by atoms with Crippen LogP contribution in [0.15, 0.2) is 24.3 Å². The van der Waals surface area contributed by atoms with Gasteiger partial charge in [-0.15, -0.1) is 0 Å². The average Bonchev–Trinajstić information content (AvgIpc) is 3.18. The predicted molar refractivity (Wildman–Crippen MR) is 106 cm³/mol. The van der Waals surface area contributed by atoms with Gasteiger partial charge in [0.05, 0.1) is 29.1 Å². The maximum atomic E-state index is 12.7. The first-order chi connectivity index (χ1) is 14.1. The highest BCUT2D eigenvalue weighted by molar-refractivity contribution is 7.91. The third-order valence-corrected chi connectivity index (χ3v) is 7.10. The Morgan fingerprint density at radius 1 is 1.20 bits per heavy atom. The van der Waals surface area contributed by atoms with Crippen molar-refractivity contribution in [2.24, 2.45) is 0 Å². The first kappa shape index (κ1) is 21.9. The molecule has 9 nitrogen and oxygen atoms in total. The van der Waals surface area contributed by atoms with Crippen LogP contribution in [-0.2, 0) is 24.2 Å². The Labute approximate surface area is 174 Å². The highest BCUT2D eigenvalue weighted by Gasteiger charge is 2.37. The number of sulfone groups is 1. The number of esters is 1. The molecule has 1 aromatic rings. The first-order valence-electron chi connectivity index (χ1n) is 9.80. The zero-order chi connectivity index (χ0) is 22.1. The van der Waals surface area contributed by atoms with Crippen molar-refractivity contribution in [3.63, 3.8) is 0 Å². The zero-order valence-electron chi connectivity index (χ0n) is 16.9. The number of amides is 3. The summed E-state index contributed by atoms with van der Waals surface area (Å²) in [7, 11) is -3.16. The molecule has 0 unspecified atom stereocenters. The second kappa shape index (κ2) is 8.55. The molecule has 1 saturated heterocycles. The van der Waals surface area contributed by atoms with Gasteiger partial charge in [0, 0.05) is 19.1 Å². The Morgan fingerprint density at radius 3 is 2.30 bits per heavy atom. The van der Waals surface area contributed by atoms with Gasteiger partial charge in [-0.05, 0) is 32.4 Å². The third-order valence-electron chi connectivity index (χ3n) is 5.35. The van der Waals surface area contributed by atoms with Gasteiger partial charge in [0.1, 0.15) is 0 Å². The summed E-state index contributed by atoms with van der Waals surface area (Å²) in [5.41, 5.74) is 0.592. The van der Waals surface area contributed by atoms with E-state index in [0.29, 0.717) is 24.1 Å².